The molecular weight excluding hydrogens is 378 g/mol. The number of ether oxygens (including phenoxy) is 1. The van der Waals surface area contributed by atoms with Crippen LogP contribution in [-0.4, -0.2) is 31.3 Å². The van der Waals surface area contributed by atoms with Crippen LogP contribution in [0.15, 0.2) is 41.3 Å². The van der Waals surface area contributed by atoms with Crippen LogP contribution in [-0.2, 0) is 0 Å². The molecule has 0 radical (unpaired) electrons. The summed E-state index contributed by atoms with van der Waals surface area (Å²) in [7, 11) is 1.63. The van der Waals surface area contributed by atoms with Crippen molar-refractivity contribution >= 4 is 16.7 Å². The first-order valence-corrected chi connectivity index (χ1v) is 10.5. The van der Waals surface area contributed by atoms with Gasteiger partial charge in [0.05, 0.1) is 23.7 Å². The fourth-order valence-electron chi connectivity index (χ4n) is 4.76. The lowest BCUT2D eigenvalue weighted by Gasteiger charge is -2.30. The van der Waals surface area contributed by atoms with Crippen molar-refractivity contribution in [3.8, 4) is 17.0 Å². The number of methoxy groups -OCH3 is 1. The largest absolute Gasteiger partial charge is 0.496 e. The Bertz CT molecular complexity index is 1310. The van der Waals surface area contributed by atoms with E-state index in [0.717, 1.165) is 24.8 Å². The summed E-state index contributed by atoms with van der Waals surface area (Å²) in [6.07, 6.45) is 6.45. The highest BCUT2D eigenvalue weighted by Gasteiger charge is 2.26. The van der Waals surface area contributed by atoms with E-state index in [1.165, 1.54) is 6.42 Å². The maximum atomic E-state index is 13.8. The molecule has 3 heterocycles. The summed E-state index contributed by atoms with van der Waals surface area (Å²) < 4.78 is 9.19. The van der Waals surface area contributed by atoms with E-state index in [1.807, 2.05) is 48.0 Å². The minimum Gasteiger partial charge on any atom is -0.496 e. The zero-order chi connectivity index (χ0) is 20.8. The van der Waals surface area contributed by atoms with Crippen LogP contribution in [0, 0.1) is 12.8 Å². The molecule has 0 amide bonds. The molecule has 1 aliphatic carbocycles. The Morgan fingerprint density at radius 1 is 1.10 bits per heavy atom. The Morgan fingerprint density at radius 3 is 2.70 bits per heavy atom. The molecule has 3 aromatic heterocycles. The van der Waals surface area contributed by atoms with E-state index < -0.39 is 0 Å². The molecule has 1 aliphatic rings. The average Bonchev–Trinajstić information content (AvgIpc) is 3.13. The molecule has 0 N–H and O–H groups in total. The normalized spacial score (nSPS) is 19.4. The van der Waals surface area contributed by atoms with E-state index >= 15 is 0 Å². The van der Waals surface area contributed by atoms with Crippen LogP contribution in [0.1, 0.15) is 44.5 Å². The molecule has 4 aromatic rings. The van der Waals surface area contributed by atoms with E-state index in [-0.39, 0.29) is 11.6 Å². The highest BCUT2D eigenvalue weighted by atomic mass is 16.5. The third kappa shape index (κ3) is 2.88. The number of hydrogen-bond acceptors (Lipinski definition) is 5. The minimum absolute atomic E-state index is 0.0327. The van der Waals surface area contributed by atoms with Gasteiger partial charge in [-0.3, -0.25) is 4.79 Å². The second kappa shape index (κ2) is 7.23. The zero-order valence-electron chi connectivity index (χ0n) is 17.5. The highest BCUT2D eigenvalue weighted by Crippen LogP contribution is 2.35. The minimum atomic E-state index is -0.0327. The number of benzene rings is 1. The van der Waals surface area contributed by atoms with E-state index in [9.17, 15) is 4.79 Å². The summed E-state index contributed by atoms with van der Waals surface area (Å²) >= 11 is 0. The fraction of sp³-hybridized carbons (Fsp3) is 0.391. The molecule has 0 spiro atoms. The van der Waals surface area contributed by atoms with Crippen LogP contribution in [0.2, 0.25) is 0 Å². The number of aromatic nitrogens is 5. The maximum Gasteiger partial charge on any atom is 0.262 e. The predicted molar refractivity (Wildman–Crippen MR) is 116 cm³/mol. The van der Waals surface area contributed by atoms with Crippen LogP contribution in [0.3, 0.4) is 0 Å². The molecule has 1 saturated carbocycles. The zero-order valence-corrected chi connectivity index (χ0v) is 17.5. The first kappa shape index (κ1) is 18.8. The van der Waals surface area contributed by atoms with E-state index in [2.05, 4.69) is 22.0 Å². The lowest BCUT2D eigenvalue weighted by Crippen LogP contribution is -2.31. The monoisotopic (exact) mass is 403 g/mol. The van der Waals surface area contributed by atoms with Gasteiger partial charge in [-0.1, -0.05) is 31.9 Å². The van der Waals surface area contributed by atoms with Crippen molar-refractivity contribution in [2.45, 2.75) is 45.6 Å². The van der Waals surface area contributed by atoms with E-state index in [1.54, 1.807) is 11.6 Å². The smallest absolute Gasteiger partial charge is 0.262 e. The topological polar surface area (TPSA) is 74.3 Å². The molecule has 0 bridgehead atoms. The summed E-state index contributed by atoms with van der Waals surface area (Å²) in [5.74, 6) is 2.23. The quantitative estimate of drug-likeness (QED) is 0.513. The maximum absolute atomic E-state index is 13.8. The molecule has 2 atom stereocenters. The van der Waals surface area contributed by atoms with Gasteiger partial charge < -0.3 is 9.30 Å². The second-order valence-electron chi connectivity index (χ2n) is 8.15. The molecule has 1 fully saturated rings. The van der Waals surface area contributed by atoms with Gasteiger partial charge in [-0.2, -0.15) is 9.50 Å². The third-order valence-corrected chi connectivity index (χ3v) is 6.25. The second-order valence-corrected chi connectivity index (χ2v) is 8.15. The molecule has 2 unspecified atom stereocenters. The van der Waals surface area contributed by atoms with Gasteiger partial charge in [0.15, 0.2) is 0 Å². The number of fused-ring (bicyclic) bond motifs is 2. The van der Waals surface area contributed by atoms with Crippen molar-refractivity contribution in [2.75, 3.05) is 7.11 Å². The van der Waals surface area contributed by atoms with Crippen molar-refractivity contribution < 1.29 is 4.74 Å². The van der Waals surface area contributed by atoms with Gasteiger partial charge in [0, 0.05) is 17.8 Å². The summed E-state index contributed by atoms with van der Waals surface area (Å²) in [6, 6.07) is 9.82. The summed E-state index contributed by atoms with van der Waals surface area (Å²) in [4.78, 5) is 22.9. The molecule has 0 aliphatic heterocycles. The summed E-state index contributed by atoms with van der Waals surface area (Å²) in [5, 5.41) is 5.11. The lowest BCUT2D eigenvalue weighted by molar-refractivity contribution is 0.253. The standard InChI is InChI=1S/C23H25N5O2/c1-14-8-4-6-10-18(14)27-13-12-17-20(22(27)29)21(16-9-5-7-11-19(16)30-3)28-23(25-17)24-15(2)26-28/h5,7,9,11-14,18H,4,6,8,10H2,1-3H3. The summed E-state index contributed by atoms with van der Waals surface area (Å²) in [6.45, 7) is 4.07. The van der Waals surface area contributed by atoms with Crippen molar-refractivity contribution in [1.29, 1.82) is 0 Å². The number of rotatable bonds is 3. The first-order chi connectivity index (χ1) is 14.6. The molecule has 7 heteroatoms. The molecule has 5 rings (SSSR count). The van der Waals surface area contributed by atoms with Gasteiger partial charge in [0.2, 0.25) is 0 Å². The molecule has 154 valence electrons. The number of para-hydroxylation sites is 1. The summed E-state index contributed by atoms with van der Waals surface area (Å²) in [5.41, 5.74) is 2.07. The van der Waals surface area contributed by atoms with Crippen molar-refractivity contribution in [3.05, 3.63) is 52.7 Å². The van der Waals surface area contributed by atoms with Gasteiger partial charge in [-0.25, -0.2) is 4.98 Å². The third-order valence-electron chi connectivity index (χ3n) is 6.25. The molecular formula is C23H25N5O2. The van der Waals surface area contributed by atoms with Crippen molar-refractivity contribution in [3.63, 3.8) is 0 Å². The van der Waals surface area contributed by atoms with Gasteiger partial charge >= 0.3 is 0 Å². The van der Waals surface area contributed by atoms with Crippen LogP contribution in [0.4, 0.5) is 0 Å². The van der Waals surface area contributed by atoms with Gasteiger partial charge in [-0.05, 0) is 43.9 Å². The Morgan fingerprint density at radius 2 is 1.90 bits per heavy atom. The Balaban J connectivity index is 1.89. The number of aryl methyl sites for hydroxylation is 1. The van der Waals surface area contributed by atoms with Crippen molar-refractivity contribution in [2.24, 2.45) is 5.92 Å². The molecule has 30 heavy (non-hydrogen) atoms. The lowest BCUT2D eigenvalue weighted by atomic mass is 9.85. The van der Waals surface area contributed by atoms with Crippen molar-refractivity contribution in [1.82, 2.24) is 24.1 Å². The van der Waals surface area contributed by atoms with Crippen LogP contribution < -0.4 is 10.3 Å². The van der Waals surface area contributed by atoms with Crippen LogP contribution in [0.25, 0.3) is 27.9 Å². The van der Waals surface area contributed by atoms with E-state index in [0.29, 0.717) is 39.9 Å². The fourth-order valence-corrected chi connectivity index (χ4v) is 4.76. The SMILES string of the molecule is COc1ccccc1-c1c2c(=O)n(C3CCCCC3C)ccc2nc2nc(C)nn12. The molecule has 1 aromatic carbocycles. The predicted octanol–water partition coefficient (Wildman–Crippen LogP) is 4.17. The van der Waals surface area contributed by atoms with Gasteiger partial charge in [0.1, 0.15) is 11.6 Å². The Labute approximate surface area is 174 Å². The van der Waals surface area contributed by atoms with Gasteiger partial charge in [0.25, 0.3) is 11.3 Å². The number of pyridine rings is 1. The molecule has 0 saturated heterocycles. The number of nitrogens with zero attached hydrogens (tertiary/aromatic N) is 5. The van der Waals surface area contributed by atoms with E-state index in [4.69, 9.17) is 4.74 Å². The molecule has 7 nitrogen and oxygen atoms in total. The Hall–Kier alpha value is -3.22. The van der Waals surface area contributed by atoms with Crippen LogP contribution in [0.5, 0.6) is 5.75 Å². The van der Waals surface area contributed by atoms with Crippen LogP contribution >= 0.6 is 0 Å². The highest BCUT2D eigenvalue weighted by molar-refractivity contribution is 5.94. The first-order valence-electron chi connectivity index (χ1n) is 10.5. The average molecular weight is 403 g/mol. The van der Waals surface area contributed by atoms with Gasteiger partial charge in [-0.15, -0.1) is 5.10 Å². The number of hydrogen-bond donors (Lipinski definition) is 0. The Kier molecular flexibility index (Phi) is 4.53.